The molecule has 0 aliphatic heterocycles. The molecule has 1 saturated carbocycles. The lowest BCUT2D eigenvalue weighted by Gasteiger charge is -2.42. The number of hydrogen-bond donors (Lipinski definition) is 0. The molecule has 1 aromatic carbocycles. The van der Waals surface area contributed by atoms with E-state index in [9.17, 15) is 13.2 Å². The summed E-state index contributed by atoms with van der Waals surface area (Å²) in [5.41, 5.74) is 2.83. The number of rotatable bonds is 3. The molecule has 0 bridgehead atoms. The summed E-state index contributed by atoms with van der Waals surface area (Å²) in [7, 11) is -3.65. The predicted molar refractivity (Wildman–Crippen MR) is 106 cm³/mol. The first-order valence-corrected chi connectivity index (χ1v) is 11.3. The molecule has 0 amide bonds. The number of allylic oxidation sites excluding steroid dienone is 1. The Balaban J connectivity index is 2.12. The van der Waals surface area contributed by atoms with Gasteiger partial charge >= 0.3 is 0 Å². The molecule has 2 aliphatic carbocycles. The van der Waals surface area contributed by atoms with E-state index in [-0.39, 0.29) is 22.7 Å². The van der Waals surface area contributed by atoms with Crippen molar-refractivity contribution in [1.29, 1.82) is 0 Å². The molecule has 1 aromatic heterocycles. The highest BCUT2D eigenvalue weighted by atomic mass is 32.2. The van der Waals surface area contributed by atoms with Crippen molar-refractivity contribution in [3.63, 3.8) is 0 Å². The number of hydrogen-bond acceptors (Lipinski definition) is 4. The number of benzene rings is 1. The van der Waals surface area contributed by atoms with Crippen LogP contribution < -0.4 is 5.56 Å². The molecule has 6 heteroatoms. The highest BCUT2D eigenvalue weighted by molar-refractivity contribution is 7.90. The minimum atomic E-state index is -3.65. The van der Waals surface area contributed by atoms with Crippen molar-refractivity contribution >= 4 is 9.84 Å². The molecule has 142 valence electrons. The smallest absolute Gasteiger partial charge is 0.258 e. The van der Waals surface area contributed by atoms with Gasteiger partial charge in [-0.3, -0.25) is 9.36 Å². The van der Waals surface area contributed by atoms with Crippen LogP contribution in [0.15, 0.2) is 46.9 Å². The van der Waals surface area contributed by atoms with Gasteiger partial charge in [-0.05, 0) is 24.8 Å². The number of fused-ring (bicyclic) bond motifs is 4. The van der Waals surface area contributed by atoms with Crippen molar-refractivity contribution in [2.24, 2.45) is 0 Å². The van der Waals surface area contributed by atoms with Gasteiger partial charge in [-0.15, -0.1) is 6.58 Å². The molecule has 1 spiro atoms. The van der Waals surface area contributed by atoms with E-state index in [0.29, 0.717) is 11.3 Å². The molecule has 0 radical (unpaired) electrons. The van der Waals surface area contributed by atoms with Crippen LogP contribution in [-0.4, -0.2) is 24.2 Å². The zero-order chi connectivity index (χ0) is 19.2. The molecule has 0 saturated heterocycles. The van der Waals surface area contributed by atoms with Crippen LogP contribution in [0.25, 0.3) is 11.3 Å². The standard InChI is InChI=1S/C21H24N2O3S/c1-3-13-23-19(24)17-18(22-20(23)27(2,25)26)16-10-6-5-9-15(16)14-21(17)11-7-4-8-12-21/h3,5-6,9-10H,1,4,7-8,11-14H2,2H3. The summed E-state index contributed by atoms with van der Waals surface area (Å²) in [6.45, 7) is 3.83. The highest BCUT2D eigenvalue weighted by Gasteiger charge is 2.43. The third kappa shape index (κ3) is 2.87. The lowest BCUT2D eigenvalue weighted by molar-refractivity contribution is 0.282. The molecule has 0 atom stereocenters. The molecule has 0 N–H and O–H groups in total. The van der Waals surface area contributed by atoms with Crippen LogP contribution >= 0.6 is 0 Å². The highest BCUT2D eigenvalue weighted by Crippen LogP contribution is 2.48. The predicted octanol–water partition coefficient (Wildman–Crippen LogP) is 3.26. The van der Waals surface area contributed by atoms with Crippen LogP contribution in [0.2, 0.25) is 0 Å². The zero-order valence-corrected chi connectivity index (χ0v) is 16.4. The summed E-state index contributed by atoms with van der Waals surface area (Å²) >= 11 is 0. The lowest BCUT2D eigenvalue weighted by Crippen LogP contribution is -2.43. The topological polar surface area (TPSA) is 69.0 Å². The summed E-state index contributed by atoms with van der Waals surface area (Å²) in [5.74, 6) is 0. The van der Waals surface area contributed by atoms with Gasteiger partial charge in [0.1, 0.15) is 0 Å². The van der Waals surface area contributed by atoms with Crippen molar-refractivity contribution in [2.75, 3.05) is 6.26 Å². The molecule has 2 aromatic rings. The summed E-state index contributed by atoms with van der Waals surface area (Å²) < 4.78 is 26.1. The SMILES string of the molecule is C=CCn1c(S(C)(=O)=O)nc2c(c1=O)C1(CCCCC1)Cc1ccccc1-2. The molecule has 0 unspecified atom stereocenters. The lowest BCUT2D eigenvalue weighted by atomic mass is 9.62. The Morgan fingerprint density at radius 3 is 2.59 bits per heavy atom. The quantitative estimate of drug-likeness (QED) is 0.602. The molecule has 1 fully saturated rings. The second kappa shape index (κ2) is 6.44. The third-order valence-corrected chi connectivity index (χ3v) is 6.89. The fourth-order valence-corrected chi connectivity index (χ4v) is 5.61. The second-order valence-corrected chi connectivity index (χ2v) is 9.68. The van der Waals surface area contributed by atoms with Crippen LogP contribution in [0, 0.1) is 0 Å². The van der Waals surface area contributed by atoms with Gasteiger partial charge in [-0.25, -0.2) is 13.4 Å². The molecule has 2 aliphatic rings. The summed E-state index contributed by atoms with van der Waals surface area (Å²) in [6.07, 6.45) is 8.69. The van der Waals surface area contributed by atoms with Crippen LogP contribution in [0.5, 0.6) is 0 Å². The normalized spacial score (nSPS) is 18.0. The van der Waals surface area contributed by atoms with Gasteiger partial charge in [-0.1, -0.05) is 49.6 Å². The van der Waals surface area contributed by atoms with E-state index in [4.69, 9.17) is 0 Å². The molecule has 5 nitrogen and oxygen atoms in total. The van der Waals surface area contributed by atoms with Crippen molar-refractivity contribution in [1.82, 2.24) is 9.55 Å². The fraction of sp³-hybridized carbons (Fsp3) is 0.429. The van der Waals surface area contributed by atoms with Gasteiger partial charge in [0.05, 0.1) is 11.3 Å². The van der Waals surface area contributed by atoms with Gasteiger partial charge in [0, 0.05) is 23.8 Å². The van der Waals surface area contributed by atoms with Crippen LogP contribution in [0.4, 0.5) is 0 Å². The Kier molecular flexibility index (Phi) is 4.34. The van der Waals surface area contributed by atoms with E-state index in [0.717, 1.165) is 49.5 Å². The van der Waals surface area contributed by atoms with E-state index in [1.54, 1.807) is 6.08 Å². The summed E-state index contributed by atoms with van der Waals surface area (Å²) in [4.78, 5) is 18.1. The van der Waals surface area contributed by atoms with Crippen LogP contribution in [0.3, 0.4) is 0 Å². The van der Waals surface area contributed by atoms with E-state index in [2.05, 4.69) is 17.6 Å². The van der Waals surface area contributed by atoms with E-state index >= 15 is 0 Å². The Hall–Kier alpha value is -2.21. The van der Waals surface area contributed by atoms with Crippen LogP contribution in [0.1, 0.15) is 43.2 Å². The van der Waals surface area contributed by atoms with Crippen LogP contribution in [-0.2, 0) is 28.2 Å². The average molecular weight is 385 g/mol. The molecule has 27 heavy (non-hydrogen) atoms. The number of aromatic nitrogens is 2. The Labute approximate surface area is 159 Å². The van der Waals surface area contributed by atoms with Gasteiger partial charge in [0.2, 0.25) is 15.0 Å². The molecular formula is C21H24N2O3S. The Bertz CT molecular complexity index is 1080. The summed E-state index contributed by atoms with van der Waals surface area (Å²) in [5, 5.41) is -0.172. The van der Waals surface area contributed by atoms with Crippen molar-refractivity contribution in [2.45, 2.75) is 55.6 Å². The maximum atomic E-state index is 13.6. The third-order valence-electron chi connectivity index (χ3n) is 5.92. The maximum absolute atomic E-state index is 13.6. The number of sulfone groups is 1. The largest absolute Gasteiger partial charge is 0.279 e. The summed E-state index contributed by atoms with van der Waals surface area (Å²) in [6, 6.07) is 7.93. The number of nitrogens with zero attached hydrogens (tertiary/aromatic N) is 2. The molecular weight excluding hydrogens is 360 g/mol. The van der Waals surface area contributed by atoms with E-state index in [1.165, 1.54) is 11.0 Å². The van der Waals surface area contributed by atoms with Crippen molar-refractivity contribution < 1.29 is 8.42 Å². The molecule has 1 heterocycles. The maximum Gasteiger partial charge on any atom is 0.258 e. The first kappa shape index (κ1) is 18.2. The van der Waals surface area contributed by atoms with Gasteiger partial charge in [0.25, 0.3) is 5.56 Å². The first-order chi connectivity index (χ1) is 12.9. The Morgan fingerprint density at radius 1 is 1.22 bits per heavy atom. The Morgan fingerprint density at radius 2 is 1.93 bits per heavy atom. The monoisotopic (exact) mass is 384 g/mol. The van der Waals surface area contributed by atoms with Gasteiger partial charge in [0.15, 0.2) is 0 Å². The minimum absolute atomic E-state index is 0.138. The van der Waals surface area contributed by atoms with Gasteiger partial charge < -0.3 is 0 Å². The van der Waals surface area contributed by atoms with Crippen molar-refractivity contribution in [3.05, 3.63) is 58.4 Å². The fourth-order valence-electron chi connectivity index (χ4n) is 4.79. The van der Waals surface area contributed by atoms with E-state index < -0.39 is 9.84 Å². The first-order valence-electron chi connectivity index (χ1n) is 9.42. The van der Waals surface area contributed by atoms with E-state index in [1.807, 2.05) is 18.2 Å². The average Bonchev–Trinajstić information content (AvgIpc) is 2.63. The van der Waals surface area contributed by atoms with Gasteiger partial charge in [-0.2, -0.15) is 0 Å². The second-order valence-electron chi connectivity index (χ2n) is 7.77. The molecule has 4 rings (SSSR count). The zero-order valence-electron chi connectivity index (χ0n) is 15.6. The van der Waals surface area contributed by atoms with Crippen molar-refractivity contribution in [3.8, 4) is 11.3 Å². The minimum Gasteiger partial charge on any atom is -0.279 e.